The number of fused-ring (bicyclic) bond motifs is 2. The molecule has 126 valence electrons. The van der Waals surface area contributed by atoms with E-state index in [1.54, 1.807) is 0 Å². The van der Waals surface area contributed by atoms with Crippen LogP contribution in [0.1, 0.15) is 46.0 Å². The maximum atomic E-state index is 12.2. The predicted octanol–water partition coefficient (Wildman–Crippen LogP) is 2.29. The van der Waals surface area contributed by atoms with Gasteiger partial charge in [-0.25, -0.2) is 0 Å². The van der Waals surface area contributed by atoms with Crippen molar-refractivity contribution in [2.75, 3.05) is 32.8 Å². The highest BCUT2D eigenvalue weighted by atomic mass is 16.5. The van der Waals surface area contributed by atoms with Crippen LogP contribution in [0.5, 0.6) is 0 Å². The van der Waals surface area contributed by atoms with Crippen molar-refractivity contribution in [1.82, 2.24) is 10.2 Å². The molecule has 1 saturated heterocycles. The fourth-order valence-electron chi connectivity index (χ4n) is 4.75. The van der Waals surface area contributed by atoms with Crippen LogP contribution in [0, 0.1) is 23.7 Å². The first kappa shape index (κ1) is 16.3. The number of morpholine rings is 1. The largest absolute Gasteiger partial charge is 0.374 e. The van der Waals surface area contributed by atoms with Gasteiger partial charge in [-0.3, -0.25) is 9.69 Å². The van der Waals surface area contributed by atoms with Gasteiger partial charge < -0.3 is 10.1 Å². The van der Waals surface area contributed by atoms with Crippen LogP contribution in [0.15, 0.2) is 0 Å². The van der Waals surface area contributed by atoms with Crippen molar-refractivity contribution in [1.29, 1.82) is 0 Å². The van der Waals surface area contributed by atoms with Crippen LogP contribution in [-0.2, 0) is 9.53 Å². The smallest absolute Gasteiger partial charge is 0.220 e. The third-order valence-corrected chi connectivity index (χ3v) is 5.71. The number of hydrogen-bond donors (Lipinski definition) is 1. The Morgan fingerprint density at radius 3 is 2.86 bits per heavy atom. The number of ether oxygens (including phenoxy) is 1. The van der Waals surface area contributed by atoms with Gasteiger partial charge in [0.05, 0.1) is 12.7 Å². The summed E-state index contributed by atoms with van der Waals surface area (Å²) in [5.41, 5.74) is 0. The minimum atomic E-state index is 0.163. The molecule has 0 aromatic carbocycles. The summed E-state index contributed by atoms with van der Waals surface area (Å²) in [7, 11) is 0. The fraction of sp³-hybridized carbons (Fsp3) is 0.944. The van der Waals surface area contributed by atoms with E-state index in [4.69, 9.17) is 4.74 Å². The van der Waals surface area contributed by atoms with Gasteiger partial charge in [0.25, 0.3) is 0 Å². The average Bonchev–Trinajstić information content (AvgIpc) is 3.07. The summed E-state index contributed by atoms with van der Waals surface area (Å²) >= 11 is 0. The molecule has 0 spiro atoms. The lowest BCUT2D eigenvalue weighted by Crippen LogP contribution is -2.48. The van der Waals surface area contributed by atoms with E-state index in [1.807, 2.05) is 0 Å². The van der Waals surface area contributed by atoms with Crippen LogP contribution in [0.2, 0.25) is 0 Å². The number of rotatable bonds is 6. The molecule has 2 aliphatic carbocycles. The summed E-state index contributed by atoms with van der Waals surface area (Å²) in [6, 6.07) is 0. The highest BCUT2D eigenvalue weighted by Gasteiger charge is 2.40. The van der Waals surface area contributed by atoms with Gasteiger partial charge in [0.15, 0.2) is 0 Å². The van der Waals surface area contributed by atoms with Crippen molar-refractivity contribution >= 4 is 5.91 Å². The molecular formula is C18H32N2O2. The Bertz CT molecular complexity index is 385. The van der Waals surface area contributed by atoms with Crippen molar-refractivity contribution < 1.29 is 9.53 Å². The van der Waals surface area contributed by atoms with E-state index in [1.165, 1.54) is 25.7 Å². The zero-order valence-electron chi connectivity index (χ0n) is 14.2. The van der Waals surface area contributed by atoms with E-state index >= 15 is 0 Å². The highest BCUT2D eigenvalue weighted by molar-refractivity contribution is 5.76. The Hall–Kier alpha value is -0.610. The van der Waals surface area contributed by atoms with Gasteiger partial charge >= 0.3 is 0 Å². The zero-order chi connectivity index (χ0) is 15.5. The van der Waals surface area contributed by atoms with Crippen LogP contribution >= 0.6 is 0 Å². The maximum absolute atomic E-state index is 12.2. The van der Waals surface area contributed by atoms with E-state index in [-0.39, 0.29) is 12.0 Å². The number of carbonyl (C=O) groups excluding carboxylic acids is 1. The third-order valence-electron chi connectivity index (χ3n) is 5.71. The molecule has 22 heavy (non-hydrogen) atoms. The molecule has 4 nitrogen and oxygen atoms in total. The Balaban J connectivity index is 1.36. The van der Waals surface area contributed by atoms with Crippen molar-refractivity contribution in [3.63, 3.8) is 0 Å². The number of hydrogen-bond acceptors (Lipinski definition) is 3. The molecule has 1 N–H and O–H groups in total. The highest BCUT2D eigenvalue weighted by Crippen LogP contribution is 2.49. The molecule has 2 bridgehead atoms. The van der Waals surface area contributed by atoms with Gasteiger partial charge in [-0.1, -0.05) is 20.3 Å². The Kier molecular flexibility index (Phi) is 5.40. The zero-order valence-corrected chi connectivity index (χ0v) is 14.2. The summed E-state index contributed by atoms with van der Waals surface area (Å²) in [6.07, 6.45) is 6.34. The lowest BCUT2D eigenvalue weighted by Gasteiger charge is -2.34. The first-order chi connectivity index (χ1) is 10.6. The Labute approximate surface area is 135 Å². The molecule has 1 aliphatic heterocycles. The van der Waals surface area contributed by atoms with Gasteiger partial charge in [-0.15, -0.1) is 0 Å². The predicted molar refractivity (Wildman–Crippen MR) is 87.6 cm³/mol. The molecule has 2 saturated carbocycles. The normalized spacial score (nSPS) is 35.2. The monoisotopic (exact) mass is 308 g/mol. The maximum Gasteiger partial charge on any atom is 0.220 e. The van der Waals surface area contributed by atoms with Gasteiger partial charge in [0, 0.05) is 32.6 Å². The quantitative estimate of drug-likeness (QED) is 0.818. The molecule has 3 fully saturated rings. The second-order valence-corrected chi connectivity index (χ2v) is 8.09. The number of amides is 1. The van der Waals surface area contributed by atoms with Crippen LogP contribution in [0.25, 0.3) is 0 Å². The van der Waals surface area contributed by atoms with Gasteiger partial charge in [0.2, 0.25) is 5.91 Å². The van der Waals surface area contributed by atoms with Crippen LogP contribution < -0.4 is 5.32 Å². The average molecular weight is 308 g/mol. The van der Waals surface area contributed by atoms with Crippen LogP contribution in [0.4, 0.5) is 0 Å². The lowest BCUT2D eigenvalue weighted by atomic mass is 9.86. The van der Waals surface area contributed by atoms with E-state index in [0.29, 0.717) is 18.4 Å². The molecule has 1 amide bonds. The molecule has 0 radical (unpaired) electrons. The molecule has 4 unspecified atom stereocenters. The summed E-state index contributed by atoms with van der Waals surface area (Å²) in [5.74, 6) is 3.34. The molecule has 3 aliphatic rings. The van der Waals surface area contributed by atoms with E-state index in [2.05, 4.69) is 24.1 Å². The van der Waals surface area contributed by atoms with Crippen molar-refractivity contribution in [2.24, 2.45) is 23.7 Å². The number of nitrogens with one attached hydrogen (secondary N) is 1. The second-order valence-electron chi connectivity index (χ2n) is 8.09. The molecule has 4 atom stereocenters. The SMILES string of the molecule is CC(C)CN1CCOC(CNC(=O)CC2CC3CCC2C3)C1. The standard InChI is InChI=1S/C18H32N2O2/c1-13(2)11-20-5-6-22-17(12-20)10-19-18(21)9-16-8-14-3-4-15(16)7-14/h13-17H,3-12H2,1-2H3,(H,19,21). The van der Waals surface area contributed by atoms with Gasteiger partial charge in [-0.2, -0.15) is 0 Å². The molecular weight excluding hydrogens is 276 g/mol. The lowest BCUT2D eigenvalue weighted by molar-refractivity contribution is -0.123. The van der Waals surface area contributed by atoms with Crippen molar-refractivity contribution in [3.05, 3.63) is 0 Å². The second kappa shape index (κ2) is 7.31. The summed E-state index contributed by atoms with van der Waals surface area (Å²) in [5, 5.41) is 3.12. The molecule has 0 aromatic heterocycles. The minimum Gasteiger partial charge on any atom is -0.374 e. The van der Waals surface area contributed by atoms with Crippen molar-refractivity contribution in [2.45, 2.75) is 52.1 Å². The summed E-state index contributed by atoms with van der Waals surface area (Å²) in [4.78, 5) is 14.7. The fourth-order valence-corrected chi connectivity index (χ4v) is 4.75. The molecule has 1 heterocycles. The van der Waals surface area contributed by atoms with E-state index in [9.17, 15) is 4.79 Å². The number of carbonyl (C=O) groups is 1. The van der Waals surface area contributed by atoms with Gasteiger partial charge in [-0.05, 0) is 42.9 Å². The summed E-state index contributed by atoms with van der Waals surface area (Å²) < 4.78 is 5.80. The molecule has 0 aromatic rings. The minimum absolute atomic E-state index is 0.163. The topological polar surface area (TPSA) is 41.6 Å². The first-order valence-electron chi connectivity index (χ1n) is 9.20. The van der Waals surface area contributed by atoms with Crippen LogP contribution in [-0.4, -0.2) is 49.7 Å². The summed E-state index contributed by atoms with van der Waals surface area (Å²) in [6.45, 7) is 9.07. The Morgan fingerprint density at radius 2 is 2.18 bits per heavy atom. The van der Waals surface area contributed by atoms with Crippen molar-refractivity contribution in [3.8, 4) is 0 Å². The van der Waals surface area contributed by atoms with E-state index in [0.717, 1.165) is 44.5 Å². The number of nitrogens with zero attached hydrogens (tertiary/aromatic N) is 1. The third kappa shape index (κ3) is 4.23. The van der Waals surface area contributed by atoms with E-state index < -0.39 is 0 Å². The Morgan fingerprint density at radius 1 is 1.32 bits per heavy atom. The molecule has 3 rings (SSSR count). The first-order valence-corrected chi connectivity index (χ1v) is 9.20. The van der Waals surface area contributed by atoms with Gasteiger partial charge in [0.1, 0.15) is 0 Å². The molecule has 4 heteroatoms. The van der Waals surface area contributed by atoms with Crippen LogP contribution in [0.3, 0.4) is 0 Å².